The summed E-state index contributed by atoms with van der Waals surface area (Å²) in [6, 6.07) is 6.27. The van der Waals surface area contributed by atoms with Gasteiger partial charge < -0.3 is 0 Å². The van der Waals surface area contributed by atoms with E-state index in [4.69, 9.17) is 11.6 Å². The third kappa shape index (κ3) is 3.10. The molecule has 0 radical (unpaired) electrons. The largest absolute Gasteiger partial charge is 0.392 e. The number of amides is 3. The second-order valence-electron chi connectivity index (χ2n) is 7.22. The van der Waals surface area contributed by atoms with Crippen LogP contribution in [-0.4, -0.2) is 76.2 Å². The molecular formula is C19H23ClN5O2+. The number of halogens is 1. The average molecular weight is 389 g/mol. The number of urea groups is 1. The molecule has 7 nitrogen and oxygen atoms in total. The number of benzene rings is 1. The van der Waals surface area contributed by atoms with Crippen molar-refractivity contribution in [2.45, 2.75) is 31.8 Å². The highest BCUT2D eigenvalue weighted by atomic mass is 35.5. The van der Waals surface area contributed by atoms with Crippen LogP contribution in [0.15, 0.2) is 29.3 Å². The van der Waals surface area contributed by atoms with Gasteiger partial charge in [0.15, 0.2) is 0 Å². The molecule has 0 bridgehead atoms. The van der Waals surface area contributed by atoms with E-state index in [0.29, 0.717) is 10.9 Å². The molecule has 142 valence electrons. The summed E-state index contributed by atoms with van der Waals surface area (Å²) in [4.78, 5) is 35.4. The SMILES string of the molecule is CN1C(=O)N(Cc2ccc(Cl)cc2)C(=O)C2C1=NC(=[N+]1CCCCC1)N2C. The minimum atomic E-state index is -0.558. The summed E-state index contributed by atoms with van der Waals surface area (Å²) in [5.74, 6) is 1.07. The van der Waals surface area contributed by atoms with Gasteiger partial charge in [-0.1, -0.05) is 28.7 Å². The number of fused-ring (bicyclic) bond motifs is 1. The van der Waals surface area contributed by atoms with Gasteiger partial charge in [-0.2, -0.15) is 0 Å². The molecule has 0 saturated carbocycles. The van der Waals surface area contributed by atoms with Crippen LogP contribution in [0.1, 0.15) is 24.8 Å². The summed E-state index contributed by atoms with van der Waals surface area (Å²) < 4.78 is 2.21. The van der Waals surface area contributed by atoms with Crippen LogP contribution in [0.3, 0.4) is 0 Å². The highest BCUT2D eigenvalue weighted by Gasteiger charge is 2.54. The molecule has 8 heteroatoms. The molecule has 3 amide bonds. The highest BCUT2D eigenvalue weighted by molar-refractivity contribution is 6.30. The van der Waals surface area contributed by atoms with Gasteiger partial charge in [0.1, 0.15) is 0 Å². The molecule has 1 aromatic carbocycles. The maximum Gasteiger partial charge on any atom is 0.392 e. The summed E-state index contributed by atoms with van der Waals surface area (Å²) in [5, 5.41) is 0.623. The van der Waals surface area contributed by atoms with Gasteiger partial charge in [0.25, 0.3) is 5.91 Å². The van der Waals surface area contributed by atoms with Crippen LogP contribution in [0.5, 0.6) is 0 Å². The molecule has 0 spiro atoms. The average Bonchev–Trinajstić information content (AvgIpc) is 3.03. The Labute approximate surface area is 163 Å². The first kappa shape index (κ1) is 18.0. The minimum Gasteiger partial charge on any atom is -0.270 e. The quantitative estimate of drug-likeness (QED) is 0.728. The fourth-order valence-electron chi connectivity index (χ4n) is 3.89. The van der Waals surface area contributed by atoms with E-state index >= 15 is 0 Å². The molecule has 4 rings (SSSR count). The highest BCUT2D eigenvalue weighted by Crippen LogP contribution is 2.24. The summed E-state index contributed by atoms with van der Waals surface area (Å²) in [7, 11) is 3.57. The Morgan fingerprint density at radius 2 is 1.78 bits per heavy atom. The number of carbonyl (C=O) groups excluding carboxylic acids is 2. The fourth-order valence-corrected chi connectivity index (χ4v) is 4.02. The number of piperidine rings is 1. The van der Waals surface area contributed by atoms with E-state index in [1.54, 1.807) is 19.2 Å². The second-order valence-corrected chi connectivity index (χ2v) is 7.66. The Kier molecular flexibility index (Phi) is 4.63. The number of hydrogen-bond donors (Lipinski definition) is 0. The van der Waals surface area contributed by atoms with Gasteiger partial charge in [0.2, 0.25) is 11.9 Å². The van der Waals surface area contributed by atoms with Crippen molar-refractivity contribution < 1.29 is 14.2 Å². The first-order chi connectivity index (χ1) is 13.0. The number of amidine groups is 1. The van der Waals surface area contributed by atoms with E-state index < -0.39 is 6.04 Å². The number of aliphatic imine (C=N–C) groups is 1. The van der Waals surface area contributed by atoms with E-state index in [-0.39, 0.29) is 18.5 Å². The molecule has 1 aromatic rings. The van der Waals surface area contributed by atoms with E-state index in [1.807, 2.05) is 24.1 Å². The predicted octanol–water partition coefficient (Wildman–Crippen LogP) is 2.00. The number of carbonyl (C=O) groups is 2. The summed E-state index contributed by atoms with van der Waals surface area (Å²) in [5.41, 5.74) is 0.857. The zero-order valence-corrected chi connectivity index (χ0v) is 16.3. The summed E-state index contributed by atoms with van der Waals surface area (Å²) >= 11 is 5.93. The maximum atomic E-state index is 13.2. The van der Waals surface area contributed by atoms with Crippen molar-refractivity contribution in [2.24, 2.45) is 4.99 Å². The van der Waals surface area contributed by atoms with Gasteiger partial charge in [0, 0.05) is 12.1 Å². The molecule has 2 saturated heterocycles. The van der Waals surface area contributed by atoms with Crippen LogP contribution in [-0.2, 0) is 11.3 Å². The first-order valence-corrected chi connectivity index (χ1v) is 9.62. The number of imide groups is 1. The Hall–Kier alpha value is -2.41. The third-order valence-corrected chi connectivity index (χ3v) is 5.67. The summed E-state index contributed by atoms with van der Waals surface area (Å²) in [6.45, 7) is 2.09. The zero-order valence-electron chi connectivity index (χ0n) is 15.6. The molecular weight excluding hydrogens is 366 g/mol. The van der Waals surface area contributed by atoms with E-state index in [2.05, 4.69) is 9.57 Å². The fraction of sp³-hybridized carbons (Fsp3) is 0.474. The van der Waals surface area contributed by atoms with Crippen LogP contribution in [0.2, 0.25) is 5.02 Å². The molecule has 3 aliphatic rings. The van der Waals surface area contributed by atoms with Crippen LogP contribution < -0.4 is 0 Å². The molecule has 0 aliphatic carbocycles. The minimum absolute atomic E-state index is 0.218. The smallest absolute Gasteiger partial charge is 0.270 e. The van der Waals surface area contributed by atoms with Crippen molar-refractivity contribution in [3.63, 3.8) is 0 Å². The van der Waals surface area contributed by atoms with Gasteiger partial charge in [-0.3, -0.25) is 19.2 Å². The molecule has 1 atom stereocenters. The lowest BCUT2D eigenvalue weighted by molar-refractivity contribution is -0.542. The lowest BCUT2D eigenvalue weighted by Crippen LogP contribution is -2.63. The van der Waals surface area contributed by atoms with E-state index in [9.17, 15) is 9.59 Å². The molecule has 1 unspecified atom stereocenters. The number of likely N-dealkylation sites (N-methyl/N-ethyl adjacent to an activating group) is 2. The van der Waals surface area contributed by atoms with Crippen molar-refractivity contribution in [2.75, 3.05) is 27.2 Å². The van der Waals surface area contributed by atoms with E-state index in [1.165, 1.54) is 16.2 Å². The van der Waals surface area contributed by atoms with Crippen molar-refractivity contribution in [1.29, 1.82) is 0 Å². The monoisotopic (exact) mass is 388 g/mol. The molecule has 2 fully saturated rings. The van der Waals surface area contributed by atoms with Crippen LogP contribution in [0.25, 0.3) is 0 Å². The summed E-state index contributed by atoms with van der Waals surface area (Å²) in [6.07, 6.45) is 3.47. The molecule has 3 heterocycles. The Bertz CT molecular complexity index is 840. The Morgan fingerprint density at radius 1 is 1.11 bits per heavy atom. The number of guanidine groups is 1. The Balaban J connectivity index is 1.64. The first-order valence-electron chi connectivity index (χ1n) is 9.24. The normalized spacial score (nSPS) is 23.1. The maximum absolute atomic E-state index is 13.2. The number of nitrogens with zero attached hydrogens (tertiary/aromatic N) is 5. The lowest BCUT2D eigenvalue weighted by atomic mass is 10.1. The molecule has 27 heavy (non-hydrogen) atoms. The number of rotatable bonds is 2. The topological polar surface area (TPSA) is 59.2 Å². The predicted molar refractivity (Wildman–Crippen MR) is 103 cm³/mol. The van der Waals surface area contributed by atoms with Gasteiger partial charge in [0.05, 0.1) is 26.7 Å². The second kappa shape index (κ2) is 6.96. The van der Waals surface area contributed by atoms with Crippen LogP contribution in [0.4, 0.5) is 4.79 Å². The van der Waals surface area contributed by atoms with E-state index in [0.717, 1.165) is 37.5 Å². The lowest BCUT2D eigenvalue weighted by Gasteiger charge is -2.34. The number of hydrogen-bond acceptors (Lipinski definition) is 2. The van der Waals surface area contributed by atoms with Gasteiger partial charge in [-0.25, -0.2) is 9.69 Å². The van der Waals surface area contributed by atoms with Crippen molar-refractivity contribution in [3.8, 4) is 0 Å². The van der Waals surface area contributed by atoms with Crippen molar-refractivity contribution >= 4 is 35.3 Å². The third-order valence-electron chi connectivity index (χ3n) is 5.42. The molecule has 0 aromatic heterocycles. The molecule has 3 aliphatic heterocycles. The zero-order chi connectivity index (χ0) is 19.1. The van der Waals surface area contributed by atoms with Crippen LogP contribution >= 0.6 is 11.6 Å². The van der Waals surface area contributed by atoms with Crippen molar-refractivity contribution in [3.05, 3.63) is 34.9 Å². The van der Waals surface area contributed by atoms with Gasteiger partial charge in [-0.15, -0.1) is 0 Å². The Morgan fingerprint density at radius 3 is 2.44 bits per heavy atom. The van der Waals surface area contributed by atoms with Crippen LogP contribution in [0, 0.1) is 0 Å². The standard InChI is InChI=1S/C19H23ClN5O2/c1-22-15-16(21-18(22)24-10-4-3-5-11-24)23(2)19(27)25(17(15)26)12-13-6-8-14(20)9-7-13/h6-9,15H,3-5,10-12H2,1-2H3/q+1. The van der Waals surface area contributed by atoms with Gasteiger partial charge in [-0.05, 0) is 37.0 Å². The molecule has 0 N–H and O–H groups in total. The van der Waals surface area contributed by atoms with Crippen molar-refractivity contribution in [1.82, 2.24) is 14.7 Å². The van der Waals surface area contributed by atoms with Gasteiger partial charge >= 0.3 is 12.0 Å².